The van der Waals surface area contributed by atoms with Gasteiger partial charge in [-0.25, -0.2) is 13.8 Å². The van der Waals surface area contributed by atoms with E-state index in [1.165, 1.54) is 6.07 Å². The van der Waals surface area contributed by atoms with Crippen LogP contribution in [0.3, 0.4) is 0 Å². The first-order valence-corrected chi connectivity index (χ1v) is 6.32. The first-order valence-electron chi connectivity index (χ1n) is 6.32. The molecule has 0 saturated heterocycles. The van der Waals surface area contributed by atoms with Crippen molar-refractivity contribution in [3.8, 4) is 0 Å². The summed E-state index contributed by atoms with van der Waals surface area (Å²) in [4.78, 5) is 7.27. The van der Waals surface area contributed by atoms with E-state index in [0.29, 0.717) is 5.56 Å². The molecule has 0 amide bonds. The fourth-order valence-corrected chi connectivity index (χ4v) is 2.04. The molecule has 5 heteroatoms. The molecule has 0 aliphatic carbocycles. The molecule has 0 aliphatic heterocycles. The van der Waals surface area contributed by atoms with Gasteiger partial charge in [0.15, 0.2) is 11.6 Å². The van der Waals surface area contributed by atoms with Crippen LogP contribution in [-0.4, -0.2) is 9.97 Å². The van der Waals surface area contributed by atoms with Gasteiger partial charge in [0.1, 0.15) is 5.82 Å². The molecule has 2 aromatic rings. The van der Waals surface area contributed by atoms with E-state index in [1.54, 1.807) is 18.5 Å². The molecule has 2 rings (SSSR count). The van der Waals surface area contributed by atoms with Crippen molar-refractivity contribution >= 4 is 0 Å². The normalized spacial score (nSPS) is 14.3. The summed E-state index contributed by atoms with van der Waals surface area (Å²) in [5.74, 6) is -0.803. The van der Waals surface area contributed by atoms with Gasteiger partial charge in [-0.15, -0.1) is 0 Å². The third kappa shape index (κ3) is 3.17. The molecule has 0 bridgehead atoms. The Balaban J connectivity index is 2.11. The number of aromatic amines is 1. The lowest BCUT2D eigenvalue weighted by molar-refractivity contribution is 0.437. The summed E-state index contributed by atoms with van der Waals surface area (Å²) in [5, 5.41) is 3.35. The van der Waals surface area contributed by atoms with Gasteiger partial charge in [0.25, 0.3) is 0 Å². The third-order valence-electron chi connectivity index (χ3n) is 3.15. The van der Waals surface area contributed by atoms with Crippen molar-refractivity contribution in [1.29, 1.82) is 0 Å². The summed E-state index contributed by atoms with van der Waals surface area (Å²) >= 11 is 0. The quantitative estimate of drug-likeness (QED) is 0.868. The highest BCUT2D eigenvalue weighted by Gasteiger charge is 2.16. The van der Waals surface area contributed by atoms with Crippen molar-refractivity contribution < 1.29 is 8.78 Å². The van der Waals surface area contributed by atoms with Crippen LogP contribution in [0.15, 0.2) is 30.6 Å². The van der Waals surface area contributed by atoms with Gasteiger partial charge < -0.3 is 10.3 Å². The summed E-state index contributed by atoms with van der Waals surface area (Å²) in [6.45, 7) is 3.95. The van der Waals surface area contributed by atoms with E-state index in [2.05, 4.69) is 15.3 Å². The zero-order chi connectivity index (χ0) is 13.8. The van der Waals surface area contributed by atoms with Crippen LogP contribution >= 0.6 is 0 Å². The predicted octanol–water partition coefficient (Wildman–Crippen LogP) is 3.49. The summed E-state index contributed by atoms with van der Waals surface area (Å²) in [7, 11) is 0. The van der Waals surface area contributed by atoms with Crippen LogP contribution in [0.5, 0.6) is 0 Å². The molecule has 19 heavy (non-hydrogen) atoms. The van der Waals surface area contributed by atoms with Crippen LogP contribution in [-0.2, 0) is 0 Å². The number of H-pyrrole nitrogens is 1. The number of hydrogen-bond donors (Lipinski definition) is 2. The van der Waals surface area contributed by atoms with Crippen molar-refractivity contribution in [1.82, 2.24) is 15.3 Å². The maximum absolute atomic E-state index is 13.2. The number of aromatic nitrogens is 2. The molecule has 0 spiro atoms. The fraction of sp³-hybridized carbons (Fsp3) is 0.357. The molecule has 2 N–H and O–H groups in total. The van der Waals surface area contributed by atoms with E-state index >= 15 is 0 Å². The molecule has 0 saturated carbocycles. The fourth-order valence-electron chi connectivity index (χ4n) is 2.04. The number of nitrogens with one attached hydrogen (secondary N) is 2. The second-order valence-corrected chi connectivity index (χ2v) is 4.50. The molecule has 3 nitrogen and oxygen atoms in total. The summed E-state index contributed by atoms with van der Waals surface area (Å²) < 4.78 is 26.1. The number of halogens is 2. The van der Waals surface area contributed by atoms with Crippen molar-refractivity contribution in [3.63, 3.8) is 0 Å². The van der Waals surface area contributed by atoms with E-state index in [1.807, 2.05) is 13.8 Å². The Morgan fingerprint density at radius 1 is 1.32 bits per heavy atom. The number of imidazole rings is 1. The molecule has 0 aliphatic rings. The summed E-state index contributed by atoms with van der Waals surface area (Å²) in [6.07, 6.45) is 4.31. The molecular formula is C14H17F2N3. The topological polar surface area (TPSA) is 40.7 Å². The SMILES string of the molecule is CCC(NC(C)c1ccc(F)c(F)c1)c1ncc[nH]1. The van der Waals surface area contributed by atoms with E-state index in [0.717, 1.165) is 18.3 Å². The molecule has 0 radical (unpaired) electrons. The van der Waals surface area contributed by atoms with Gasteiger partial charge in [0.05, 0.1) is 6.04 Å². The molecule has 2 atom stereocenters. The standard InChI is InChI=1S/C14H17F2N3/c1-3-13(14-17-6-7-18-14)19-9(2)10-4-5-11(15)12(16)8-10/h4-9,13,19H,3H2,1-2H3,(H,17,18). The van der Waals surface area contributed by atoms with Gasteiger partial charge in [-0.1, -0.05) is 13.0 Å². The van der Waals surface area contributed by atoms with Crippen LogP contribution in [0, 0.1) is 11.6 Å². The second kappa shape index (κ2) is 5.93. The highest BCUT2D eigenvalue weighted by Crippen LogP contribution is 2.21. The molecule has 0 fully saturated rings. The molecule has 1 heterocycles. The number of benzene rings is 1. The minimum Gasteiger partial charge on any atom is -0.347 e. The van der Waals surface area contributed by atoms with Gasteiger partial charge >= 0.3 is 0 Å². The van der Waals surface area contributed by atoms with Crippen molar-refractivity contribution in [3.05, 3.63) is 53.6 Å². The van der Waals surface area contributed by atoms with E-state index < -0.39 is 11.6 Å². The van der Waals surface area contributed by atoms with Gasteiger partial charge in [-0.2, -0.15) is 0 Å². The zero-order valence-corrected chi connectivity index (χ0v) is 11.0. The number of rotatable bonds is 5. The Hall–Kier alpha value is -1.75. The highest BCUT2D eigenvalue weighted by molar-refractivity contribution is 5.21. The van der Waals surface area contributed by atoms with Gasteiger partial charge in [0, 0.05) is 18.4 Å². The summed E-state index contributed by atoms with van der Waals surface area (Å²) in [5.41, 5.74) is 0.712. The summed E-state index contributed by atoms with van der Waals surface area (Å²) in [6, 6.07) is 3.92. The molecule has 102 valence electrons. The first kappa shape index (κ1) is 13.7. The van der Waals surface area contributed by atoms with E-state index in [-0.39, 0.29) is 12.1 Å². The molecule has 2 unspecified atom stereocenters. The van der Waals surface area contributed by atoms with Gasteiger partial charge in [-0.3, -0.25) is 0 Å². The average Bonchev–Trinajstić information content (AvgIpc) is 2.92. The van der Waals surface area contributed by atoms with Crippen LogP contribution < -0.4 is 5.32 Å². The largest absolute Gasteiger partial charge is 0.347 e. The predicted molar refractivity (Wildman–Crippen MR) is 69.5 cm³/mol. The van der Waals surface area contributed by atoms with Crippen LogP contribution in [0.4, 0.5) is 8.78 Å². The minimum absolute atomic E-state index is 0.0538. The maximum atomic E-state index is 13.2. The lowest BCUT2D eigenvalue weighted by Crippen LogP contribution is -2.25. The first-order chi connectivity index (χ1) is 9.11. The Bertz CT molecular complexity index is 525. The number of nitrogens with zero attached hydrogens (tertiary/aromatic N) is 1. The third-order valence-corrected chi connectivity index (χ3v) is 3.15. The molecule has 1 aromatic heterocycles. The average molecular weight is 265 g/mol. The van der Waals surface area contributed by atoms with E-state index in [4.69, 9.17) is 0 Å². The van der Waals surface area contributed by atoms with Crippen LogP contribution in [0.1, 0.15) is 43.7 Å². The number of hydrogen-bond acceptors (Lipinski definition) is 2. The Labute approximate surface area is 111 Å². The lowest BCUT2D eigenvalue weighted by Gasteiger charge is -2.21. The van der Waals surface area contributed by atoms with Crippen molar-refractivity contribution in [2.45, 2.75) is 32.4 Å². The van der Waals surface area contributed by atoms with Gasteiger partial charge in [-0.05, 0) is 31.0 Å². The lowest BCUT2D eigenvalue weighted by atomic mass is 10.1. The maximum Gasteiger partial charge on any atom is 0.159 e. The molecule has 1 aromatic carbocycles. The Kier molecular flexibility index (Phi) is 4.27. The van der Waals surface area contributed by atoms with Crippen molar-refractivity contribution in [2.24, 2.45) is 0 Å². The monoisotopic (exact) mass is 265 g/mol. The van der Waals surface area contributed by atoms with Crippen molar-refractivity contribution in [2.75, 3.05) is 0 Å². The van der Waals surface area contributed by atoms with Crippen LogP contribution in [0.25, 0.3) is 0 Å². The van der Waals surface area contributed by atoms with Crippen LogP contribution in [0.2, 0.25) is 0 Å². The minimum atomic E-state index is -0.825. The highest BCUT2D eigenvalue weighted by atomic mass is 19.2. The molecular weight excluding hydrogens is 248 g/mol. The van der Waals surface area contributed by atoms with E-state index in [9.17, 15) is 8.78 Å². The second-order valence-electron chi connectivity index (χ2n) is 4.50. The Morgan fingerprint density at radius 3 is 2.68 bits per heavy atom. The Morgan fingerprint density at radius 2 is 2.11 bits per heavy atom. The zero-order valence-electron chi connectivity index (χ0n) is 11.0. The van der Waals surface area contributed by atoms with Gasteiger partial charge in [0.2, 0.25) is 0 Å². The smallest absolute Gasteiger partial charge is 0.159 e.